The molecular weight excluding hydrogens is 366 g/mol. The number of nitrogens with one attached hydrogen (secondary N) is 1. The fraction of sp³-hybridized carbons (Fsp3) is 0.350. The minimum absolute atomic E-state index is 0.0175. The second-order valence-electron chi connectivity index (χ2n) is 7.10. The zero-order valence-corrected chi connectivity index (χ0v) is 16.5. The lowest BCUT2D eigenvalue weighted by Crippen LogP contribution is -2.20. The van der Waals surface area contributed by atoms with E-state index in [-0.39, 0.29) is 17.9 Å². The van der Waals surface area contributed by atoms with Gasteiger partial charge in [-0.3, -0.25) is 4.79 Å². The quantitative estimate of drug-likeness (QED) is 0.761. The summed E-state index contributed by atoms with van der Waals surface area (Å²) >= 11 is 3.53. The van der Waals surface area contributed by atoms with Crippen LogP contribution >= 0.6 is 15.9 Å². The molecule has 0 saturated carbocycles. The lowest BCUT2D eigenvalue weighted by molar-refractivity contribution is -0.118. The third kappa shape index (κ3) is 5.10. The number of hydrogen-bond donors (Lipinski definition) is 1. The van der Waals surface area contributed by atoms with Gasteiger partial charge >= 0.3 is 0 Å². The van der Waals surface area contributed by atoms with E-state index >= 15 is 0 Å². The van der Waals surface area contributed by atoms with Crippen molar-refractivity contribution >= 4 is 27.5 Å². The first-order valence-electron chi connectivity index (χ1n) is 7.96. The van der Waals surface area contributed by atoms with Crippen molar-refractivity contribution in [2.24, 2.45) is 0 Å². The van der Waals surface area contributed by atoms with Gasteiger partial charge in [-0.1, -0.05) is 32.9 Å². The van der Waals surface area contributed by atoms with Gasteiger partial charge in [0.25, 0.3) is 5.91 Å². The molecular formula is C20H24BrNO2. The molecule has 24 heavy (non-hydrogen) atoms. The molecule has 1 amide bonds. The molecule has 0 atom stereocenters. The molecule has 0 aliphatic rings. The van der Waals surface area contributed by atoms with E-state index < -0.39 is 0 Å². The Morgan fingerprint density at radius 2 is 1.71 bits per heavy atom. The lowest BCUT2D eigenvalue weighted by Gasteiger charge is -2.20. The van der Waals surface area contributed by atoms with E-state index in [9.17, 15) is 4.79 Å². The summed E-state index contributed by atoms with van der Waals surface area (Å²) in [7, 11) is 0. The Morgan fingerprint density at radius 3 is 2.25 bits per heavy atom. The van der Waals surface area contributed by atoms with Gasteiger partial charge in [-0.25, -0.2) is 0 Å². The second kappa shape index (κ2) is 7.39. The summed E-state index contributed by atoms with van der Waals surface area (Å²) in [4.78, 5) is 12.1. The molecule has 0 radical (unpaired) electrons. The van der Waals surface area contributed by atoms with E-state index in [1.165, 1.54) is 5.56 Å². The number of amides is 1. The summed E-state index contributed by atoms with van der Waals surface area (Å²) in [5, 5.41) is 2.88. The molecule has 2 rings (SSSR count). The SMILES string of the molecule is Cc1cc(C)cc(OCC(=O)Nc2ccc(C(C)(C)C)cc2Br)c1. The summed E-state index contributed by atoms with van der Waals surface area (Å²) in [5.41, 5.74) is 4.25. The summed E-state index contributed by atoms with van der Waals surface area (Å²) in [6.07, 6.45) is 0. The highest BCUT2D eigenvalue weighted by Gasteiger charge is 2.15. The van der Waals surface area contributed by atoms with Gasteiger partial charge in [-0.15, -0.1) is 0 Å². The third-order valence-electron chi connectivity index (χ3n) is 3.67. The molecule has 3 nitrogen and oxygen atoms in total. The van der Waals surface area contributed by atoms with Crippen molar-refractivity contribution in [3.8, 4) is 5.75 Å². The van der Waals surface area contributed by atoms with Crippen LogP contribution in [0.15, 0.2) is 40.9 Å². The van der Waals surface area contributed by atoms with Gasteiger partial charge in [-0.2, -0.15) is 0 Å². The number of anilines is 1. The number of carbonyl (C=O) groups is 1. The van der Waals surface area contributed by atoms with Gasteiger partial charge in [-0.05, 0) is 76.1 Å². The molecule has 2 aromatic carbocycles. The van der Waals surface area contributed by atoms with Crippen molar-refractivity contribution in [2.75, 3.05) is 11.9 Å². The number of rotatable bonds is 4. The summed E-state index contributed by atoms with van der Waals surface area (Å²) in [6.45, 7) is 10.5. The summed E-state index contributed by atoms with van der Waals surface area (Å²) in [5.74, 6) is 0.531. The maximum Gasteiger partial charge on any atom is 0.262 e. The molecule has 128 valence electrons. The van der Waals surface area contributed by atoms with Crippen LogP contribution in [0.25, 0.3) is 0 Å². The first-order valence-corrected chi connectivity index (χ1v) is 8.75. The van der Waals surface area contributed by atoms with E-state index in [2.05, 4.69) is 48.1 Å². The second-order valence-corrected chi connectivity index (χ2v) is 7.96. The number of hydrogen-bond acceptors (Lipinski definition) is 2. The Balaban J connectivity index is 1.99. The Kier molecular flexibility index (Phi) is 5.70. The molecule has 0 aliphatic heterocycles. The zero-order valence-electron chi connectivity index (χ0n) is 14.9. The van der Waals surface area contributed by atoms with E-state index in [4.69, 9.17) is 4.74 Å². The van der Waals surface area contributed by atoms with E-state index in [1.54, 1.807) is 0 Å². The fourth-order valence-electron chi connectivity index (χ4n) is 2.43. The number of halogens is 1. The van der Waals surface area contributed by atoms with Crippen molar-refractivity contribution in [1.82, 2.24) is 0 Å². The number of carbonyl (C=O) groups excluding carboxylic acids is 1. The minimum Gasteiger partial charge on any atom is -0.484 e. The van der Waals surface area contributed by atoms with Gasteiger partial charge in [0.1, 0.15) is 5.75 Å². The van der Waals surface area contributed by atoms with Gasteiger partial charge in [0.15, 0.2) is 6.61 Å². The molecule has 0 spiro atoms. The lowest BCUT2D eigenvalue weighted by atomic mass is 9.87. The van der Waals surface area contributed by atoms with Crippen LogP contribution in [-0.4, -0.2) is 12.5 Å². The fourth-order valence-corrected chi connectivity index (χ4v) is 2.91. The van der Waals surface area contributed by atoms with E-state index in [0.717, 1.165) is 21.3 Å². The Morgan fingerprint density at radius 1 is 1.08 bits per heavy atom. The average Bonchev–Trinajstić information content (AvgIpc) is 2.45. The first kappa shape index (κ1) is 18.5. The molecule has 2 aromatic rings. The number of benzene rings is 2. The molecule has 1 N–H and O–H groups in total. The Hall–Kier alpha value is -1.81. The molecule has 4 heteroatoms. The highest BCUT2D eigenvalue weighted by molar-refractivity contribution is 9.10. The van der Waals surface area contributed by atoms with Crippen molar-refractivity contribution in [3.63, 3.8) is 0 Å². The minimum atomic E-state index is -0.182. The smallest absolute Gasteiger partial charge is 0.262 e. The maximum atomic E-state index is 12.1. The van der Waals surface area contributed by atoms with Gasteiger partial charge < -0.3 is 10.1 Å². The zero-order chi connectivity index (χ0) is 17.9. The van der Waals surface area contributed by atoms with Crippen LogP contribution in [0.4, 0.5) is 5.69 Å². The van der Waals surface area contributed by atoms with Crippen molar-refractivity contribution < 1.29 is 9.53 Å². The molecule has 0 fully saturated rings. The van der Waals surface area contributed by atoms with E-state index in [1.807, 2.05) is 44.2 Å². The predicted octanol–water partition coefficient (Wildman–Crippen LogP) is 5.38. The average molecular weight is 390 g/mol. The van der Waals surface area contributed by atoms with Crippen molar-refractivity contribution in [2.45, 2.75) is 40.0 Å². The highest BCUT2D eigenvalue weighted by Crippen LogP contribution is 2.30. The largest absolute Gasteiger partial charge is 0.484 e. The number of aryl methyl sites for hydroxylation is 2. The normalized spacial score (nSPS) is 11.2. The van der Waals surface area contributed by atoms with Crippen LogP contribution in [0, 0.1) is 13.8 Å². The van der Waals surface area contributed by atoms with Crippen LogP contribution in [0.5, 0.6) is 5.75 Å². The Labute approximate surface area is 152 Å². The summed E-state index contributed by atoms with van der Waals surface area (Å²) in [6, 6.07) is 11.9. The Bertz CT molecular complexity index is 728. The highest BCUT2D eigenvalue weighted by atomic mass is 79.9. The molecule has 0 aromatic heterocycles. The van der Waals surface area contributed by atoms with Gasteiger partial charge in [0.05, 0.1) is 5.69 Å². The van der Waals surface area contributed by atoms with Gasteiger partial charge in [0.2, 0.25) is 0 Å². The molecule has 0 bridgehead atoms. The van der Waals surface area contributed by atoms with Crippen LogP contribution in [0.2, 0.25) is 0 Å². The van der Waals surface area contributed by atoms with Crippen molar-refractivity contribution in [1.29, 1.82) is 0 Å². The number of ether oxygens (including phenoxy) is 1. The van der Waals surface area contributed by atoms with E-state index in [0.29, 0.717) is 5.75 Å². The van der Waals surface area contributed by atoms with Crippen LogP contribution in [0.1, 0.15) is 37.5 Å². The molecule has 0 heterocycles. The van der Waals surface area contributed by atoms with Crippen LogP contribution in [0.3, 0.4) is 0 Å². The first-order chi connectivity index (χ1) is 11.1. The van der Waals surface area contributed by atoms with Gasteiger partial charge in [0, 0.05) is 4.47 Å². The monoisotopic (exact) mass is 389 g/mol. The van der Waals surface area contributed by atoms with Crippen LogP contribution in [-0.2, 0) is 10.2 Å². The predicted molar refractivity (Wildman–Crippen MR) is 103 cm³/mol. The molecule has 0 aliphatic carbocycles. The summed E-state index contributed by atoms with van der Waals surface area (Å²) < 4.78 is 6.46. The third-order valence-corrected chi connectivity index (χ3v) is 4.33. The molecule has 0 unspecified atom stereocenters. The van der Waals surface area contributed by atoms with Crippen molar-refractivity contribution in [3.05, 3.63) is 57.6 Å². The standard InChI is InChI=1S/C20H24BrNO2/c1-13-8-14(2)10-16(9-13)24-12-19(23)22-18-7-6-15(11-17(18)21)20(3,4)5/h6-11H,12H2,1-5H3,(H,22,23). The maximum absolute atomic E-state index is 12.1. The molecule has 0 saturated heterocycles. The van der Waals surface area contributed by atoms with Crippen LogP contribution < -0.4 is 10.1 Å². The topological polar surface area (TPSA) is 38.3 Å².